The molecule has 1 aromatic heterocycles. The van der Waals surface area contributed by atoms with E-state index in [9.17, 15) is 14.3 Å². The summed E-state index contributed by atoms with van der Waals surface area (Å²) in [5, 5.41) is 9.66. The lowest BCUT2D eigenvalue weighted by Crippen LogP contribution is -2.53. The summed E-state index contributed by atoms with van der Waals surface area (Å²) in [7, 11) is 0. The molecule has 1 aliphatic heterocycles. The van der Waals surface area contributed by atoms with Crippen LogP contribution in [0.2, 0.25) is 5.15 Å². The molecule has 0 bridgehead atoms. The normalized spacial score (nSPS) is 23.1. The Morgan fingerprint density at radius 2 is 2.20 bits per heavy atom. The number of halogens is 2. The molecule has 0 aliphatic carbocycles. The minimum Gasteiger partial charge on any atom is -0.465 e. The Kier molecular flexibility index (Phi) is 3.67. The molecule has 2 rings (SSSR count). The van der Waals surface area contributed by atoms with Gasteiger partial charge in [0.2, 0.25) is 0 Å². The fourth-order valence-corrected chi connectivity index (χ4v) is 3.51. The number of hydrogen-bond acceptors (Lipinski definition) is 2. The summed E-state index contributed by atoms with van der Waals surface area (Å²) in [6.45, 7) is 6.24. The van der Waals surface area contributed by atoms with Crippen molar-refractivity contribution in [2.75, 3.05) is 6.54 Å². The molecule has 1 atom stereocenters. The first-order valence-corrected chi connectivity index (χ1v) is 6.90. The molecule has 1 aromatic rings. The van der Waals surface area contributed by atoms with E-state index in [1.807, 2.05) is 20.8 Å². The first-order chi connectivity index (χ1) is 9.20. The van der Waals surface area contributed by atoms with E-state index in [1.54, 1.807) is 0 Å². The van der Waals surface area contributed by atoms with Crippen LogP contribution in [0.4, 0.5) is 9.18 Å². The van der Waals surface area contributed by atoms with Crippen LogP contribution < -0.4 is 0 Å². The van der Waals surface area contributed by atoms with Gasteiger partial charge in [-0.2, -0.15) is 0 Å². The van der Waals surface area contributed by atoms with Crippen LogP contribution >= 0.6 is 11.6 Å². The molecule has 1 saturated heterocycles. The van der Waals surface area contributed by atoms with Gasteiger partial charge in [0.05, 0.1) is 11.7 Å². The van der Waals surface area contributed by atoms with Crippen molar-refractivity contribution >= 4 is 17.7 Å². The Bertz CT molecular complexity index is 544. The molecular weight excluding hydrogens is 283 g/mol. The SMILES string of the molecule is CC(C)(C)C1(c2cc(F)cnc2Cl)CCCN1C(=O)O. The van der Waals surface area contributed by atoms with Crippen LogP contribution in [0, 0.1) is 11.2 Å². The quantitative estimate of drug-likeness (QED) is 0.801. The predicted molar refractivity (Wildman–Crippen MR) is 74.3 cm³/mol. The summed E-state index contributed by atoms with van der Waals surface area (Å²) < 4.78 is 13.6. The van der Waals surface area contributed by atoms with Crippen LogP contribution in [-0.4, -0.2) is 27.6 Å². The third-order valence-corrected chi connectivity index (χ3v) is 4.41. The molecular formula is C14H18ClFN2O2. The van der Waals surface area contributed by atoms with E-state index in [-0.39, 0.29) is 5.15 Å². The smallest absolute Gasteiger partial charge is 0.408 e. The van der Waals surface area contributed by atoms with E-state index in [2.05, 4.69) is 4.98 Å². The summed E-state index contributed by atoms with van der Waals surface area (Å²) in [6.07, 6.45) is 1.35. The zero-order chi connectivity index (χ0) is 15.1. The summed E-state index contributed by atoms with van der Waals surface area (Å²) >= 11 is 6.14. The van der Waals surface area contributed by atoms with Gasteiger partial charge in [-0.1, -0.05) is 32.4 Å². The highest BCUT2D eigenvalue weighted by atomic mass is 35.5. The molecule has 110 valence electrons. The lowest BCUT2D eigenvalue weighted by molar-refractivity contribution is 0.0273. The van der Waals surface area contributed by atoms with Crippen LogP contribution in [0.3, 0.4) is 0 Å². The fraction of sp³-hybridized carbons (Fsp3) is 0.571. The average molecular weight is 301 g/mol. The maximum absolute atomic E-state index is 13.6. The van der Waals surface area contributed by atoms with Crippen LogP contribution in [-0.2, 0) is 5.54 Å². The number of pyridine rings is 1. The van der Waals surface area contributed by atoms with Crippen molar-refractivity contribution in [3.63, 3.8) is 0 Å². The number of nitrogens with zero attached hydrogens (tertiary/aromatic N) is 2. The lowest BCUT2D eigenvalue weighted by atomic mass is 9.68. The Morgan fingerprint density at radius 1 is 1.55 bits per heavy atom. The minimum atomic E-state index is -1.02. The van der Waals surface area contributed by atoms with E-state index >= 15 is 0 Å². The topological polar surface area (TPSA) is 53.4 Å². The summed E-state index contributed by atoms with van der Waals surface area (Å²) in [5.74, 6) is -0.509. The molecule has 6 heteroatoms. The van der Waals surface area contributed by atoms with E-state index in [1.165, 1.54) is 11.0 Å². The first-order valence-electron chi connectivity index (χ1n) is 6.52. The second kappa shape index (κ2) is 4.88. The van der Waals surface area contributed by atoms with Crippen molar-refractivity contribution < 1.29 is 14.3 Å². The van der Waals surface area contributed by atoms with Crippen molar-refractivity contribution in [2.45, 2.75) is 39.2 Å². The number of aromatic nitrogens is 1. The highest BCUT2D eigenvalue weighted by Crippen LogP contribution is 2.52. The molecule has 20 heavy (non-hydrogen) atoms. The molecule has 1 unspecified atom stereocenters. The van der Waals surface area contributed by atoms with Crippen molar-refractivity contribution in [3.8, 4) is 0 Å². The number of hydrogen-bond donors (Lipinski definition) is 1. The van der Waals surface area contributed by atoms with Crippen LogP contribution in [0.15, 0.2) is 12.3 Å². The molecule has 0 radical (unpaired) electrons. The van der Waals surface area contributed by atoms with Crippen molar-refractivity contribution in [1.82, 2.24) is 9.88 Å². The molecule has 1 fully saturated rings. The number of amides is 1. The van der Waals surface area contributed by atoms with Gasteiger partial charge in [0.15, 0.2) is 0 Å². The average Bonchev–Trinajstić information content (AvgIpc) is 2.77. The van der Waals surface area contributed by atoms with E-state index in [0.29, 0.717) is 18.5 Å². The Balaban J connectivity index is 2.71. The summed E-state index contributed by atoms with van der Waals surface area (Å²) in [4.78, 5) is 16.8. The fourth-order valence-electron chi connectivity index (χ4n) is 3.25. The number of carbonyl (C=O) groups is 1. The van der Waals surface area contributed by atoms with Crippen LogP contribution in [0.1, 0.15) is 39.2 Å². The van der Waals surface area contributed by atoms with Crippen molar-refractivity contribution in [1.29, 1.82) is 0 Å². The summed E-state index contributed by atoms with van der Waals surface area (Å²) in [6, 6.07) is 1.31. The third kappa shape index (κ3) is 2.14. The second-order valence-electron chi connectivity index (χ2n) is 6.14. The van der Waals surface area contributed by atoms with Gasteiger partial charge in [0.25, 0.3) is 0 Å². The maximum atomic E-state index is 13.6. The maximum Gasteiger partial charge on any atom is 0.408 e. The van der Waals surface area contributed by atoms with E-state index < -0.39 is 22.9 Å². The van der Waals surface area contributed by atoms with Crippen molar-refractivity contribution in [3.05, 3.63) is 28.8 Å². The third-order valence-electron chi connectivity index (χ3n) is 4.10. The number of likely N-dealkylation sites (tertiary alicyclic amines) is 1. The first kappa shape index (κ1) is 15.0. The van der Waals surface area contributed by atoms with Gasteiger partial charge in [0.1, 0.15) is 11.0 Å². The highest BCUT2D eigenvalue weighted by molar-refractivity contribution is 6.30. The van der Waals surface area contributed by atoms with Crippen molar-refractivity contribution in [2.24, 2.45) is 5.41 Å². The Labute approximate surface area is 122 Å². The minimum absolute atomic E-state index is 0.162. The number of rotatable bonds is 1. The lowest BCUT2D eigenvalue weighted by Gasteiger charge is -2.47. The predicted octanol–water partition coefficient (Wildman–Crippen LogP) is 3.89. The molecule has 2 heterocycles. The molecule has 1 amide bonds. The van der Waals surface area contributed by atoms with E-state index in [4.69, 9.17) is 11.6 Å². The van der Waals surface area contributed by atoms with Gasteiger partial charge >= 0.3 is 6.09 Å². The molecule has 0 spiro atoms. The largest absolute Gasteiger partial charge is 0.465 e. The molecule has 1 aliphatic rings. The van der Waals surface area contributed by atoms with E-state index in [0.717, 1.165) is 12.6 Å². The zero-order valence-corrected chi connectivity index (χ0v) is 12.5. The molecule has 0 aromatic carbocycles. The van der Waals surface area contributed by atoms with Crippen LogP contribution in [0.5, 0.6) is 0 Å². The second-order valence-corrected chi connectivity index (χ2v) is 6.50. The number of carboxylic acid groups (broad SMARTS) is 1. The van der Waals surface area contributed by atoms with Gasteiger partial charge in [0, 0.05) is 12.1 Å². The Hall–Kier alpha value is -1.36. The zero-order valence-electron chi connectivity index (χ0n) is 11.8. The van der Waals surface area contributed by atoms with Gasteiger partial charge in [-0.3, -0.25) is 4.90 Å². The van der Waals surface area contributed by atoms with Gasteiger partial charge < -0.3 is 5.11 Å². The molecule has 4 nitrogen and oxygen atoms in total. The molecule has 1 N–H and O–H groups in total. The molecule has 0 saturated carbocycles. The van der Waals surface area contributed by atoms with Crippen LogP contribution in [0.25, 0.3) is 0 Å². The highest BCUT2D eigenvalue weighted by Gasteiger charge is 2.54. The Morgan fingerprint density at radius 3 is 2.75 bits per heavy atom. The standard InChI is InChI=1S/C14H18ClFN2O2/c1-13(2,3)14(5-4-6-18(14)12(19)20)10-7-9(16)8-17-11(10)15/h7-8H,4-6H2,1-3H3,(H,19,20). The van der Waals surface area contributed by atoms with Gasteiger partial charge in [-0.25, -0.2) is 14.2 Å². The van der Waals surface area contributed by atoms with Gasteiger partial charge in [-0.05, 0) is 24.3 Å². The monoisotopic (exact) mass is 300 g/mol. The summed E-state index contributed by atoms with van der Waals surface area (Å²) in [5.41, 5.74) is -0.835. The van der Waals surface area contributed by atoms with Gasteiger partial charge in [-0.15, -0.1) is 0 Å².